The van der Waals surface area contributed by atoms with Gasteiger partial charge in [0, 0.05) is 9.64 Å². The fourth-order valence-electron chi connectivity index (χ4n) is 1.33. The number of aromatic hydroxyl groups is 1. The zero-order valence-corrected chi connectivity index (χ0v) is 12.9. The van der Waals surface area contributed by atoms with Crippen LogP contribution in [0.15, 0.2) is 24.3 Å². The number of nitrogens with one attached hydrogen (secondary N) is 1. The Morgan fingerprint density at radius 3 is 2.68 bits per heavy atom. The molecule has 0 saturated carbocycles. The molecule has 0 spiro atoms. The second-order valence-corrected chi connectivity index (χ2v) is 5.43. The van der Waals surface area contributed by atoms with Crippen molar-refractivity contribution in [1.29, 1.82) is 0 Å². The molecule has 0 radical (unpaired) electrons. The molecule has 2 N–H and O–H groups in total. The summed E-state index contributed by atoms with van der Waals surface area (Å²) in [6.07, 6.45) is 0. The van der Waals surface area contributed by atoms with Gasteiger partial charge in [-0.15, -0.1) is 0 Å². The number of benzene rings is 1. The molecule has 2 aromatic rings. The van der Waals surface area contributed by atoms with Crippen LogP contribution >= 0.6 is 45.8 Å². The molecule has 1 heterocycles. The van der Waals surface area contributed by atoms with Crippen molar-refractivity contribution in [2.75, 3.05) is 5.32 Å². The molecule has 0 fully saturated rings. The highest BCUT2D eigenvalue weighted by Gasteiger charge is 2.13. The lowest BCUT2D eigenvalue weighted by atomic mass is 10.2. The maximum Gasteiger partial charge on any atom is 0.260 e. The summed E-state index contributed by atoms with van der Waals surface area (Å²) in [7, 11) is 0. The first-order valence-electron chi connectivity index (χ1n) is 4.95. The lowest BCUT2D eigenvalue weighted by Crippen LogP contribution is -2.13. The van der Waals surface area contributed by atoms with Gasteiger partial charge >= 0.3 is 0 Å². The first-order chi connectivity index (χ1) is 8.95. The molecule has 2 rings (SSSR count). The van der Waals surface area contributed by atoms with E-state index >= 15 is 0 Å². The van der Waals surface area contributed by atoms with E-state index in [1.165, 1.54) is 12.1 Å². The van der Waals surface area contributed by atoms with Gasteiger partial charge in [-0.3, -0.25) is 4.79 Å². The third kappa shape index (κ3) is 3.68. The summed E-state index contributed by atoms with van der Waals surface area (Å²) in [5.41, 5.74) is 0.137. The highest BCUT2D eigenvalue weighted by molar-refractivity contribution is 14.1. The number of phenolic OH excluding ortho intramolecular Hbond substituents is 1. The van der Waals surface area contributed by atoms with Crippen LogP contribution in [0.4, 0.5) is 5.82 Å². The van der Waals surface area contributed by atoms with Crippen LogP contribution in [-0.2, 0) is 0 Å². The van der Waals surface area contributed by atoms with Gasteiger partial charge in [0.15, 0.2) is 0 Å². The van der Waals surface area contributed by atoms with Crippen LogP contribution in [0, 0.1) is 3.57 Å². The quantitative estimate of drug-likeness (QED) is 0.453. The minimum atomic E-state index is -0.512. The molecule has 0 atom stereocenters. The Bertz CT molecular complexity index is 632. The monoisotopic (exact) mass is 409 g/mol. The Hall–Kier alpha value is -1.12. The Morgan fingerprint density at radius 1 is 1.26 bits per heavy atom. The topological polar surface area (TPSA) is 75.1 Å². The predicted molar refractivity (Wildman–Crippen MR) is 80.8 cm³/mol. The van der Waals surface area contributed by atoms with Crippen molar-refractivity contribution >= 4 is 57.5 Å². The zero-order valence-electron chi connectivity index (χ0n) is 9.19. The molecule has 8 heteroatoms. The first-order valence-corrected chi connectivity index (χ1v) is 6.79. The summed E-state index contributed by atoms with van der Waals surface area (Å²) >= 11 is 13.4. The molecular weight excluding hydrogens is 404 g/mol. The van der Waals surface area contributed by atoms with E-state index in [2.05, 4.69) is 15.3 Å². The molecule has 1 aromatic heterocycles. The Labute approximate surface area is 132 Å². The number of anilines is 1. The minimum Gasteiger partial charge on any atom is -0.507 e. The lowest BCUT2D eigenvalue weighted by molar-refractivity contribution is 0.102. The van der Waals surface area contributed by atoms with E-state index in [1.54, 1.807) is 12.1 Å². The average Bonchev–Trinajstić information content (AvgIpc) is 2.30. The fourth-order valence-corrected chi connectivity index (χ4v) is 2.23. The van der Waals surface area contributed by atoms with Crippen molar-refractivity contribution in [2.24, 2.45) is 0 Å². The van der Waals surface area contributed by atoms with Gasteiger partial charge in [0.05, 0.1) is 5.56 Å². The SMILES string of the molecule is O=C(Nc1cc(Cl)nc(Cl)n1)c1cc(I)ccc1O. The molecule has 5 nitrogen and oxygen atoms in total. The Balaban J connectivity index is 2.28. The second-order valence-electron chi connectivity index (χ2n) is 3.46. The summed E-state index contributed by atoms with van der Waals surface area (Å²) in [4.78, 5) is 19.5. The summed E-state index contributed by atoms with van der Waals surface area (Å²) in [6, 6.07) is 6.04. The van der Waals surface area contributed by atoms with E-state index in [0.717, 1.165) is 3.57 Å². The zero-order chi connectivity index (χ0) is 14.0. The van der Waals surface area contributed by atoms with Gasteiger partial charge in [-0.05, 0) is 52.4 Å². The van der Waals surface area contributed by atoms with Gasteiger partial charge in [-0.1, -0.05) is 11.6 Å². The maximum absolute atomic E-state index is 12.0. The van der Waals surface area contributed by atoms with E-state index in [0.29, 0.717) is 0 Å². The number of carbonyl (C=O) groups excluding carboxylic acids is 1. The number of aromatic nitrogens is 2. The van der Waals surface area contributed by atoms with E-state index in [-0.39, 0.29) is 27.6 Å². The molecule has 1 amide bonds. The van der Waals surface area contributed by atoms with Crippen molar-refractivity contribution in [3.63, 3.8) is 0 Å². The van der Waals surface area contributed by atoms with Gasteiger partial charge in [-0.25, -0.2) is 9.97 Å². The summed E-state index contributed by atoms with van der Waals surface area (Å²) in [5.74, 6) is -0.473. The van der Waals surface area contributed by atoms with Crippen LogP contribution < -0.4 is 5.32 Å². The Kier molecular flexibility index (Phi) is 4.43. The fraction of sp³-hybridized carbons (Fsp3) is 0. The molecule has 0 aliphatic rings. The molecule has 0 unspecified atom stereocenters. The average molecular weight is 410 g/mol. The molecule has 0 bridgehead atoms. The maximum atomic E-state index is 12.0. The van der Waals surface area contributed by atoms with Gasteiger partial charge in [0.25, 0.3) is 5.91 Å². The summed E-state index contributed by atoms with van der Waals surface area (Å²) in [6.45, 7) is 0. The lowest BCUT2D eigenvalue weighted by Gasteiger charge is -2.07. The van der Waals surface area contributed by atoms with E-state index in [9.17, 15) is 9.90 Å². The molecular formula is C11H6Cl2IN3O2. The van der Waals surface area contributed by atoms with Crippen molar-refractivity contribution in [3.05, 3.63) is 43.8 Å². The van der Waals surface area contributed by atoms with Crippen molar-refractivity contribution in [2.45, 2.75) is 0 Å². The van der Waals surface area contributed by atoms with Crippen LogP contribution in [0.3, 0.4) is 0 Å². The molecule has 98 valence electrons. The second kappa shape index (κ2) is 5.89. The van der Waals surface area contributed by atoms with Crippen molar-refractivity contribution < 1.29 is 9.90 Å². The smallest absolute Gasteiger partial charge is 0.260 e. The van der Waals surface area contributed by atoms with E-state index in [1.807, 2.05) is 22.6 Å². The van der Waals surface area contributed by atoms with Gasteiger partial charge in [-0.2, -0.15) is 0 Å². The predicted octanol–water partition coefficient (Wildman–Crippen LogP) is 3.35. The highest BCUT2D eigenvalue weighted by atomic mass is 127. The number of carbonyl (C=O) groups is 1. The van der Waals surface area contributed by atoms with Gasteiger partial charge in [0.1, 0.15) is 16.7 Å². The van der Waals surface area contributed by atoms with Crippen LogP contribution in [-0.4, -0.2) is 21.0 Å². The largest absolute Gasteiger partial charge is 0.507 e. The van der Waals surface area contributed by atoms with E-state index < -0.39 is 5.91 Å². The number of halogens is 3. The Morgan fingerprint density at radius 2 is 2.00 bits per heavy atom. The first kappa shape index (κ1) is 14.3. The number of nitrogens with zero attached hydrogens (tertiary/aromatic N) is 2. The van der Waals surface area contributed by atoms with E-state index in [4.69, 9.17) is 23.2 Å². The molecule has 0 saturated heterocycles. The third-order valence-electron chi connectivity index (χ3n) is 2.11. The highest BCUT2D eigenvalue weighted by Crippen LogP contribution is 2.21. The molecule has 1 aromatic carbocycles. The summed E-state index contributed by atoms with van der Waals surface area (Å²) in [5, 5.41) is 12.2. The van der Waals surface area contributed by atoms with Crippen molar-refractivity contribution in [1.82, 2.24) is 9.97 Å². The minimum absolute atomic E-state index is 0.0744. The number of rotatable bonds is 2. The molecule has 0 aliphatic heterocycles. The number of hydrogen-bond donors (Lipinski definition) is 2. The molecule has 19 heavy (non-hydrogen) atoms. The van der Waals surface area contributed by atoms with Crippen LogP contribution in [0.2, 0.25) is 10.4 Å². The number of amides is 1. The standard InChI is InChI=1S/C11H6Cl2IN3O2/c12-8-4-9(17-11(13)15-8)16-10(19)6-3-5(14)1-2-7(6)18/h1-4,18H,(H,15,16,17,19). The van der Waals surface area contributed by atoms with Crippen LogP contribution in [0.25, 0.3) is 0 Å². The normalized spacial score (nSPS) is 10.3. The number of hydrogen-bond acceptors (Lipinski definition) is 4. The van der Waals surface area contributed by atoms with Crippen molar-refractivity contribution in [3.8, 4) is 5.75 Å². The van der Waals surface area contributed by atoms with Gasteiger partial charge in [0.2, 0.25) is 5.28 Å². The third-order valence-corrected chi connectivity index (χ3v) is 3.15. The molecule has 0 aliphatic carbocycles. The van der Waals surface area contributed by atoms with Crippen LogP contribution in [0.1, 0.15) is 10.4 Å². The van der Waals surface area contributed by atoms with Gasteiger partial charge < -0.3 is 10.4 Å². The number of phenols is 1. The van der Waals surface area contributed by atoms with Crippen LogP contribution in [0.5, 0.6) is 5.75 Å². The summed E-state index contributed by atoms with van der Waals surface area (Å²) < 4.78 is 0.819.